The summed E-state index contributed by atoms with van der Waals surface area (Å²) in [6, 6.07) is 20.8. The van der Waals surface area contributed by atoms with Crippen molar-refractivity contribution in [1.29, 1.82) is 0 Å². The van der Waals surface area contributed by atoms with E-state index in [4.69, 9.17) is 4.74 Å². The van der Waals surface area contributed by atoms with Gasteiger partial charge in [0, 0.05) is 39.3 Å². The maximum atomic E-state index is 5.98. The molecule has 0 saturated carbocycles. The number of hydrogen-bond acceptors (Lipinski definition) is 3. The molecule has 0 radical (unpaired) electrons. The Morgan fingerprint density at radius 1 is 0.826 bits per heavy atom. The average Bonchev–Trinajstić information content (AvgIpc) is 2.58. The van der Waals surface area contributed by atoms with Crippen LogP contribution >= 0.6 is 0 Å². The molecule has 1 saturated heterocycles. The van der Waals surface area contributed by atoms with Gasteiger partial charge in [-0.05, 0) is 24.6 Å². The summed E-state index contributed by atoms with van der Waals surface area (Å²) in [4.78, 5) is 5.05. The van der Waals surface area contributed by atoms with Gasteiger partial charge in [0.1, 0.15) is 11.9 Å². The van der Waals surface area contributed by atoms with Gasteiger partial charge in [-0.3, -0.25) is 9.80 Å². The van der Waals surface area contributed by atoms with Gasteiger partial charge in [-0.2, -0.15) is 0 Å². The molecule has 1 aliphatic rings. The van der Waals surface area contributed by atoms with Gasteiger partial charge in [0.05, 0.1) is 0 Å². The van der Waals surface area contributed by atoms with E-state index in [9.17, 15) is 0 Å². The molecule has 2 aromatic rings. The molecule has 0 spiro atoms. The molecule has 0 amide bonds. The van der Waals surface area contributed by atoms with Crippen LogP contribution in [0.15, 0.2) is 60.7 Å². The predicted octanol–water partition coefficient (Wildman–Crippen LogP) is 3.27. The summed E-state index contributed by atoms with van der Waals surface area (Å²) in [5, 5.41) is 0. The Balaban J connectivity index is 1.40. The zero-order valence-electron chi connectivity index (χ0n) is 13.9. The fraction of sp³-hybridized carbons (Fsp3) is 0.400. The smallest absolute Gasteiger partial charge is 0.119 e. The molecule has 3 rings (SSSR count). The largest absolute Gasteiger partial charge is 0.489 e. The first-order chi connectivity index (χ1) is 11.3. The van der Waals surface area contributed by atoms with Gasteiger partial charge < -0.3 is 4.74 Å². The third kappa shape index (κ3) is 5.08. The van der Waals surface area contributed by atoms with Gasteiger partial charge in [0.2, 0.25) is 0 Å². The number of para-hydroxylation sites is 1. The van der Waals surface area contributed by atoms with E-state index in [1.807, 2.05) is 30.3 Å². The topological polar surface area (TPSA) is 15.7 Å². The molecule has 3 nitrogen and oxygen atoms in total. The summed E-state index contributed by atoms with van der Waals surface area (Å²) < 4.78 is 5.98. The van der Waals surface area contributed by atoms with Crippen LogP contribution in [0, 0.1) is 0 Å². The fourth-order valence-electron chi connectivity index (χ4n) is 3.10. The van der Waals surface area contributed by atoms with Gasteiger partial charge in [-0.15, -0.1) is 0 Å². The lowest BCUT2D eigenvalue weighted by Crippen LogP contribution is -2.48. The lowest BCUT2D eigenvalue weighted by atomic mass is 10.2. The van der Waals surface area contributed by atoms with Crippen molar-refractivity contribution in [2.45, 2.75) is 19.6 Å². The summed E-state index contributed by atoms with van der Waals surface area (Å²) in [7, 11) is 0. The number of nitrogens with zero attached hydrogens (tertiary/aromatic N) is 2. The van der Waals surface area contributed by atoms with Gasteiger partial charge in [0.15, 0.2) is 0 Å². The number of benzene rings is 2. The Bertz CT molecular complexity index is 565. The monoisotopic (exact) mass is 310 g/mol. The van der Waals surface area contributed by atoms with Crippen LogP contribution in [0.5, 0.6) is 5.75 Å². The Labute approximate surface area is 139 Å². The predicted molar refractivity (Wildman–Crippen MR) is 94.7 cm³/mol. The van der Waals surface area contributed by atoms with Crippen molar-refractivity contribution >= 4 is 0 Å². The zero-order valence-corrected chi connectivity index (χ0v) is 13.9. The highest BCUT2D eigenvalue weighted by Gasteiger charge is 2.19. The molecule has 1 fully saturated rings. The van der Waals surface area contributed by atoms with Crippen LogP contribution in [0.4, 0.5) is 0 Å². The molecule has 122 valence electrons. The SMILES string of the molecule is CC(CN1CCN(Cc2ccccc2)CC1)Oc1ccccc1. The third-order valence-corrected chi connectivity index (χ3v) is 4.31. The van der Waals surface area contributed by atoms with E-state index in [0.29, 0.717) is 0 Å². The summed E-state index contributed by atoms with van der Waals surface area (Å²) in [5.74, 6) is 0.961. The minimum Gasteiger partial charge on any atom is -0.489 e. The summed E-state index contributed by atoms with van der Waals surface area (Å²) in [6.45, 7) is 8.71. The highest BCUT2D eigenvalue weighted by molar-refractivity contribution is 5.21. The maximum absolute atomic E-state index is 5.98. The minimum atomic E-state index is 0.220. The van der Waals surface area contributed by atoms with E-state index in [-0.39, 0.29) is 6.10 Å². The second-order valence-electron chi connectivity index (χ2n) is 6.30. The summed E-state index contributed by atoms with van der Waals surface area (Å²) in [6.07, 6.45) is 0.220. The molecule has 23 heavy (non-hydrogen) atoms. The van der Waals surface area contributed by atoms with E-state index in [2.05, 4.69) is 47.1 Å². The van der Waals surface area contributed by atoms with Crippen molar-refractivity contribution in [3.63, 3.8) is 0 Å². The van der Waals surface area contributed by atoms with Crippen LogP contribution in [0.3, 0.4) is 0 Å². The molecule has 1 unspecified atom stereocenters. The summed E-state index contributed by atoms with van der Waals surface area (Å²) >= 11 is 0. The molecule has 1 aliphatic heterocycles. The second kappa shape index (κ2) is 8.14. The summed E-state index contributed by atoms with van der Waals surface area (Å²) in [5.41, 5.74) is 1.40. The van der Waals surface area contributed by atoms with Crippen molar-refractivity contribution in [1.82, 2.24) is 9.80 Å². The van der Waals surface area contributed by atoms with Gasteiger partial charge in [-0.25, -0.2) is 0 Å². The maximum Gasteiger partial charge on any atom is 0.119 e. The number of hydrogen-bond donors (Lipinski definition) is 0. The lowest BCUT2D eigenvalue weighted by molar-refractivity contribution is 0.0874. The van der Waals surface area contributed by atoms with Crippen LogP contribution < -0.4 is 4.74 Å². The standard InChI is InChI=1S/C20H26N2O/c1-18(23-20-10-6-3-7-11-20)16-21-12-14-22(15-13-21)17-19-8-4-2-5-9-19/h2-11,18H,12-17H2,1H3. The lowest BCUT2D eigenvalue weighted by Gasteiger charge is -2.35. The first-order valence-electron chi connectivity index (χ1n) is 8.50. The molecular formula is C20H26N2O. The molecule has 1 atom stereocenters. The Hall–Kier alpha value is -1.84. The molecule has 0 aliphatic carbocycles. The molecule has 2 aromatic carbocycles. The van der Waals surface area contributed by atoms with Crippen LogP contribution in [0.1, 0.15) is 12.5 Å². The van der Waals surface area contributed by atoms with Crippen LogP contribution in [-0.2, 0) is 6.54 Å². The van der Waals surface area contributed by atoms with Crippen molar-refractivity contribution in [2.24, 2.45) is 0 Å². The van der Waals surface area contributed by atoms with E-state index >= 15 is 0 Å². The zero-order chi connectivity index (χ0) is 15.9. The van der Waals surface area contributed by atoms with Crippen molar-refractivity contribution < 1.29 is 4.74 Å². The fourth-order valence-corrected chi connectivity index (χ4v) is 3.10. The highest BCUT2D eigenvalue weighted by Crippen LogP contribution is 2.13. The average molecular weight is 310 g/mol. The van der Waals surface area contributed by atoms with E-state index < -0.39 is 0 Å². The van der Waals surface area contributed by atoms with E-state index in [0.717, 1.165) is 45.0 Å². The molecular weight excluding hydrogens is 284 g/mol. The molecule has 0 aromatic heterocycles. The van der Waals surface area contributed by atoms with E-state index in [1.54, 1.807) is 0 Å². The Morgan fingerprint density at radius 3 is 2.04 bits per heavy atom. The van der Waals surface area contributed by atoms with Crippen molar-refractivity contribution in [2.75, 3.05) is 32.7 Å². The van der Waals surface area contributed by atoms with Crippen LogP contribution in [0.2, 0.25) is 0 Å². The number of ether oxygens (including phenoxy) is 1. The third-order valence-electron chi connectivity index (χ3n) is 4.31. The quantitative estimate of drug-likeness (QED) is 0.814. The first-order valence-corrected chi connectivity index (χ1v) is 8.50. The van der Waals surface area contributed by atoms with Gasteiger partial charge >= 0.3 is 0 Å². The Kier molecular flexibility index (Phi) is 5.67. The van der Waals surface area contributed by atoms with Crippen molar-refractivity contribution in [3.05, 3.63) is 66.2 Å². The Morgan fingerprint density at radius 2 is 1.39 bits per heavy atom. The first kappa shape index (κ1) is 16.0. The van der Waals surface area contributed by atoms with Crippen molar-refractivity contribution in [3.8, 4) is 5.75 Å². The second-order valence-corrected chi connectivity index (χ2v) is 6.30. The molecule has 1 heterocycles. The van der Waals surface area contributed by atoms with Gasteiger partial charge in [0.25, 0.3) is 0 Å². The minimum absolute atomic E-state index is 0.220. The highest BCUT2D eigenvalue weighted by atomic mass is 16.5. The van der Waals surface area contributed by atoms with Crippen LogP contribution in [-0.4, -0.2) is 48.6 Å². The normalized spacial score (nSPS) is 17.8. The van der Waals surface area contributed by atoms with Gasteiger partial charge in [-0.1, -0.05) is 48.5 Å². The molecule has 0 bridgehead atoms. The number of rotatable bonds is 6. The van der Waals surface area contributed by atoms with E-state index in [1.165, 1.54) is 5.56 Å². The van der Waals surface area contributed by atoms with Crippen LogP contribution in [0.25, 0.3) is 0 Å². The molecule has 3 heteroatoms. The number of piperazine rings is 1. The molecule has 0 N–H and O–H groups in total.